The molecular weight excluding hydrogens is 427 g/mol. The predicted molar refractivity (Wildman–Crippen MR) is 104 cm³/mol. The van der Waals surface area contributed by atoms with E-state index in [-0.39, 0.29) is 36.1 Å². The quantitative estimate of drug-likeness (QED) is 0.766. The SMILES string of the molecule is CCC(=O)NC1CC23CCOC4C2C(C(=O)N4c2ccc(C#N)c(C(F)(F)F)c2)C1(C)O3. The van der Waals surface area contributed by atoms with Crippen molar-refractivity contribution in [3.8, 4) is 6.07 Å². The van der Waals surface area contributed by atoms with Crippen LogP contribution in [0.1, 0.15) is 44.2 Å². The molecule has 0 saturated carbocycles. The summed E-state index contributed by atoms with van der Waals surface area (Å²) in [5.41, 5.74) is -3.22. The second-order valence-corrected chi connectivity index (χ2v) is 9.09. The third-order valence-corrected chi connectivity index (χ3v) is 7.49. The summed E-state index contributed by atoms with van der Waals surface area (Å²) in [6, 6.07) is 4.45. The predicted octanol–water partition coefficient (Wildman–Crippen LogP) is 2.73. The first-order chi connectivity index (χ1) is 15.1. The maximum atomic E-state index is 13.6. The first kappa shape index (κ1) is 21.2. The molecule has 32 heavy (non-hydrogen) atoms. The molecule has 4 saturated heterocycles. The molecule has 4 aliphatic rings. The van der Waals surface area contributed by atoms with Crippen LogP contribution in [0.25, 0.3) is 0 Å². The molecule has 5 rings (SSSR count). The number of nitrogens with one attached hydrogen (secondary N) is 1. The number of benzene rings is 1. The summed E-state index contributed by atoms with van der Waals surface area (Å²) >= 11 is 0. The summed E-state index contributed by atoms with van der Waals surface area (Å²) in [5, 5.41) is 12.1. The lowest BCUT2D eigenvalue weighted by Gasteiger charge is -2.43. The van der Waals surface area contributed by atoms with Crippen LogP contribution in [0.4, 0.5) is 18.9 Å². The van der Waals surface area contributed by atoms with Crippen LogP contribution in [-0.4, -0.2) is 41.9 Å². The van der Waals surface area contributed by atoms with E-state index in [1.54, 1.807) is 19.9 Å². The monoisotopic (exact) mass is 449 g/mol. The number of halogens is 3. The number of fused-ring (bicyclic) bond motifs is 2. The van der Waals surface area contributed by atoms with E-state index in [0.717, 1.165) is 12.1 Å². The number of alkyl halides is 3. The standard InChI is InChI=1S/C22H22F3N3O4/c1-3-15(29)27-14-9-21-6-7-31-19-17(21)16(20(14,2)32-21)18(30)28(19)12-5-4-11(10-26)13(8-12)22(23,24)25/h4-5,8,14,16-17,19H,3,6-7,9H2,1-2H3,(H,27,29). The Bertz CT molecular complexity index is 1050. The van der Waals surface area contributed by atoms with Gasteiger partial charge in [-0.15, -0.1) is 0 Å². The Morgan fingerprint density at radius 3 is 2.81 bits per heavy atom. The topological polar surface area (TPSA) is 91.7 Å². The molecule has 4 aliphatic heterocycles. The minimum Gasteiger partial charge on any atom is -0.365 e. The van der Waals surface area contributed by atoms with E-state index >= 15 is 0 Å². The van der Waals surface area contributed by atoms with Gasteiger partial charge in [0, 0.05) is 30.9 Å². The van der Waals surface area contributed by atoms with Gasteiger partial charge in [0.15, 0.2) is 0 Å². The highest BCUT2D eigenvalue weighted by atomic mass is 19.4. The average molecular weight is 449 g/mol. The number of ether oxygens (including phenoxy) is 2. The van der Waals surface area contributed by atoms with E-state index < -0.39 is 40.7 Å². The maximum absolute atomic E-state index is 13.6. The molecule has 10 heteroatoms. The second kappa shape index (κ2) is 6.68. The van der Waals surface area contributed by atoms with Crippen molar-refractivity contribution in [1.29, 1.82) is 5.26 Å². The molecule has 1 aromatic carbocycles. The van der Waals surface area contributed by atoms with Gasteiger partial charge in [-0.2, -0.15) is 18.4 Å². The lowest BCUT2D eigenvalue weighted by molar-refractivity contribution is -0.141. The first-order valence-corrected chi connectivity index (χ1v) is 10.6. The number of nitriles is 1. The lowest BCUT2D eigenvalue weighted by Crippen LogP contribution is -2.57. The van der Waals surface area contributed by atoms with Gasteiger partial charge in [-0.05, 0) is 25.1 Å². The van der Waals surface area contributed by atoms with Gasteiger partial charge in [0.25, 0.3) is 0 Å². The van der Waals surface area contributed by atoms with Gasteiger partial charge in [-0.3, -0.25) is 14.5 Å². The molecule has 6 atom stereocenters. The Hall–Kier alpha value is -2.64. The van der Waals surface area contributed by atoms with Gasteiger partial charge >= 0.3 is 6.18 Å². The number of hydrogen-bond donors (Lipinski definition) is 1. The molecule has 6 unspecified atom stereocenters. The number of rotatable bonds is 3. The maximum Gasteiger partial charge on any atom is 0.417 e. The highest BCUT2D eigenvalue weighted by molar-refractivity contribution is 6.00. The highest BCUT2D eigenvalue weighted by Gasteiger charge is 2.78. The van der Waals surface area contributed by atoms with Crippen molar-refractivity contribution in [3.63, 3.8) is 0 Å². The van der Waals surface area contributed by atoms with Gasteiger partial charge < -0.3 is 14.8 Å². The fourth-order valence-corrected chi connectivity index (χ4v) is 6.13. The zero-order chi connectivity index (χ0) is 23.1. The Morgan fingerprint density at radius 2 is 2.16 bits per heavy atom. The van der Waals surface area contributed by atoms with Crippen LogP contribution in [0.15, 0.2) is 18.2 Å². The van der Waals surface area contributed by atoms with E-state index in [2.05, 4.69) is 5.32 Å². The van der Waals surface area contributed by atoms with E-state index in [4.69, 9.17) is 14.7 Å². The van der Waals surface area contributed by atoms with Crippen molar-refractivity contribution >= 4 is 17.5 Å². The number of hydrogen-bond acceptors (Lipinski definition) is 5. The van der Waals surface area contributed by atoms with Crippen LogP contribution in [0.3, 0.4) is 0 Å². The molecule has 1 N–H and O–H groups in total. The zero-order valence-corrected chi connectivity index (χ0v) is 17.5. The minimum absolute atomic E-state index is 0.0370. The Balaban J connectivity index is 1.57. The van der Waals surface area contributed by atoms with Crippen LogP contribution in [0, 0.1) is 23.2 Å². The summed E-state index contributed by atoms with van der Waals surface area (Å²) in [6.07, 6.45) is -4.14. The third-order valence-electron chi connectivity index (χ3n) is 7.49. The molecule has 2 bridgehead atoms. The van der Waals surface area contributed by atoms with Gasteiger partial charge in [0.2, 0.25) is 11.8 Å². The zero-order valence-electron chi connectivity index (χ0n) is 17.5. The van der Waals surface area contributed by atoms with Crippen LogP contribution in [0.5, 0.6) is 0 Å². The van der Waals surface area contributed by atoms with E-state index in [9.17, 15) is 22.8 Å². The van der Waals surface area contributed by atoms with E-state index in [0.29, 0.717) is 19.3 Å². The average Bonchev–Trinajstić information content (AvgIpc) is 3.30. The number of carbonyl (C=O) groups excluding carboxylic acids is 2. The molecule has 170 valence electrons. The second-order valence-electron chi connectivity index (χ2n) is 9.09. The Morgan fingerprint density at radius 1 is 1.41 bits per heavy atom. The van der Waals surface area contributed by atoms with Crippen LogP contribution in [0.2, 0.25) is 0 Å². The molecule has 2 amide bonds. The number of amides is 2. The molecule has 1 spiro atoms. The van der Waals surface area contributed by atoms with Gasteiger partial charge in [-0.25, -0.2) is 0 Å². The molecule has 1 aromatic rings. The molecule has 0 radical (unpaired) electrons. The largest absolute Gasteiger partial charge is 0.417 e. The Kier molecular flexibility index (Phi) is 4.43. The van der Waals surface area contributed by atoms with Crippen molar-refractivity contribution < 1.29 is 32.2 Å². The summed E-state index contributed by atoms with van der Waals surface area (Å²) in [5.74, 6) is -1.55. The highest BCUT2D eigenvalue weighted by Crippen LogP contribution is 2.65. The molecule has 0 aromatic heterocycles. The van der Waals surface area contributed by atoms with E-state index in [1.807, 2.05) is 0 Å². The van der Waals surface area contributed by atoms with Gasteiger partial charge in [0.1, 0.15) is 6.23 Å². The molecule has 4 fully saturated rings. The minimum atomic E-state index is -4.74. The third kappa shape index (κ3) is 2.67. The molecule has 4 heterocycles. The van der Waals surface area contributed by atoms with Crippen LogP contribution >= 0.6 is 0 Å². The lowest BCUT2D eigenvalue weighted by atomic mass is 9.64. The normalized spacial score (nSPS) is 37.4. The number of nitrogens with zero attached hydrogens (tertiary/aromatic N) is 2. The van der Waals surface area contributed by atoms with E-state index in [1.165, 1.54) is 11.0 Å². The fraction of sp³-hybridized carbons (Fsp3) is 0.591. The van der Waals surface area contributed by atoms with Crippen molar-refractivity contribution in [2.24, 2.45) is 11.8 Å². The van der Waals surface area contributed by atoms with Gasteiger partial charge in [0.05, 0.1) is 47.0 Å². The van der Waals surface area contributed by atoms with Crippen molar-refractivity contribution in [2.75, 3.05) is 11.5 Å². The summed E-state index contributed by atoms with van der Waals surface area (Å²) in [6.45, 7) is 3.82. The Labute approximate surface area is 182 Å². The van der Waals surface area contributed by atoms with Crippen molar-refractivity contribution in [2.45, 2.75) is 62.8 Å². The molecule has 7 nitrogen and oxygen atoms in total. The first-order valence-electron chi connectivity index (χ1n) is 10.6. The number of carbonyl (C=O) groups is 2. The number of anilines is 1. The summed E-state index contributed by atoms with van der Waals surface area (Å²) in [7, 11) is 0. The fourth-order valence-electron chi connectivity index (χ4n) is 6.13. The summed E-state index contributed by atoms with van der Waals surface area (Å²) in [4.78, 5) is 27.0. The van der Waals surface area contributed by atoms with Crippen molar-refractivity contribution in [3.05, 3.63) is 29.3 Å². The van der Waals surface area contributed by atoms with Crippen LogP contribution < -0.4 is 10.2 Å². The molecular formula is C22H22F3N3O4. The smallest absolute Gasteiger partial charge is 0.365 e. The summed E-state index contributed by atoms with van der Waals surface area (Å²) < 4.78 is 53.0. The van der Waals surface area contributed by atoms with Gasteiger partial charge in [-0.1, -0.05) is 6.92 Å². The van der Waals surface area contributed by atoms with Crippen molar-refractivity contribution in [1.82, 2.24) is 5.32 Å². The molecule has 0 aliphatic carbocycles. The van der Waals surface area contributed by atoms with Crippen LogP contribution in [-0.2, 0) is 25.2 Å².